The predicted octanol–water partition coefficient (Wildman–Crippen LogP) is 3.88. The number of benzene rings is 2. The van der Waals surface area contributed by atoms with Gasteiger partial charge in [-0.2, -0.15) is 0 Å². The predicted molar refractivity (Wildman–Crippen MR) is 108 cm³/mol. The monoisotopic (exact) mass is 376 g/mol. The molecule has 0 bridgehead atoms. The lowest BCUT2D eigenvalue weighted by molar-refractivity contribution is -0.131. The third kappa shape index (κ3) is 3.52. The van der Waals surface area contributed by atoms with Gasteiger partial charge in [-0.25, -0.2) is 0 Å². The number of carbonyl (C=O) groups excluding carboxylic acids is 2. The first-order valence-corrected chi connectivity index (χ1v) is 9.58. The van der Waals surface area contributed by atoms with E-state index in [9.17, 15) is 9.59 Å². The molecule has 0 aliphatic heterocycles. The van der Waals surface area contributed by atoms with Crippen molar-refractivity contribution in [2.75, 3.05) is 0 Å². The number of amides is 2. The van der Waals surface area contributed by atoms with Gasteiger partial charge in [0.05, 0.1) is 12.7 Å². The van der Waals surface area contributed by atoms with Crippen molar-refractivity contribution in [1.29, 1.82) is 0 Å². The Labute approximate surface area is 164 Å². The molecule has 5 heteroatoms. The van der Waals surface area contributed by atoms with Crippen LogP contribution in [0.4, 0.5) is 0 Å². The highest BCUT2D eigenvalue weighted by Gasteiger charge is 2.32. The van der Waals surface area contributed by atoms with E-state index in [-0.39, 0.29) is 5.91 Å². The van der Waals surface area contributed by atoms with E-state index in [1.807, 2.05) is 30.0 Å². The summed E-state index contributed by atoms with van der Waals surface area (Å²) in [4.78, 5) is 26.3. The number of nitrogens with zero attached hydrogens (tertiary/aromatic N) is 1. The largest absolute Gasteiger partial charge is 0.464 e. The molecule has 1 fully saturated rings. The van der Waals surface area contributed by atoms with Crippen molar-refractivity contribution in [3.8, 4) is 0 Å². The van der Waals surface area contributed by atoms with Crippen LogP contribution in [0.25, 0.3) is 11.0 Å². The summed E-state index contributed by atoms with van der Waals surface area (Å²) in [6.07, 6.45) is 4.11. The van der Waals surface area contributed by atoms with E-state index in [2.05, 4.69) is 13.0 Å². The second-order valence-electron chi connectivity index (χ2n) is 7.64. The second kappa shape index (κ2) is 7.15. The molecule has 1 aromatic heterocycles. The zero-order valence-corrected chi connectivity index (χ0v) is 16.2. The highest BCUT2D eigenvalue weighted by Crippen LogP contribution is 2.31. The molecule has 0 atom stereocenters. The minimum atomic E-state index is -0.445. The van der Waals surface area contributed by atoms with E-state index in [1.54, 1.807) is 18.4 Å². The Balaban J connectivity index is 1.53. The van der Waals surface area contributed by atoms with E-state index in [0.717, 1.165) is 40.5 Å². The third-order valence-electron chi connectivity index (χ3n) is 5.58. The molecule has 1 aliphatic rings. The quantitative estimate of drug-likeness (QED) is 0.709. The lowest BCUT2D eigenvalue weighted by Gasteiger charge is -2.22. The van der Waals surface area contributed by atoms with Gasteiger partial charge < -0.3 is 15.1 Å². The molecule has 0 spiro atoms. The van der Waals surface area contributed by atoms with Crippen molar-refractivity contribution in [3.63, 3.8) is 0 Å². The van der Waals surface area contributed by atoms with Gasteiger partial charge in [0.2, 0.25) is 11.8 Å². The van der Waals surface area contributed by atoms with Crippen molar-refractivity contribution in [2.24, 2.45) is 5.73 Å². The van der Waals surface area contributed by atoms with Crippen molar-refractivity contribution in [1.82, 2.24) is 4.90 Å². The standard InChI is InChI=1S/C23H24N2O3/c1-14-3-10-20-18(13-28-22(20)15(14)2)11-21(26)25(19-8-9-19)12-16-4-6-17(7-5-16)23(24)27/h3-7,10,13,19H,8-9,11-12H2,1-2H3,(H2,24,27). The molecule has 1 heterocycles. The zero-order valence-electron chi connectivity index (χ0n) is 16.2. The maximum atomic E-state index is 13.1. The van der Waals surface area contributed by atoms with E-state index < -0.39 is 5.91 Å². The fourth-order valence-electron chi connectivity index (χ4n) is 3.57. The second-order valence-corrected chi connectivity index (χ2v) is 7.64. The summed E-state index contributed by atoms with van der Waals surface area (Å²) in [5.41, 5.74) is 10.9. The van der Waals surface area contributed by atoms with Gasteiger partial charge in [-0.3, -0.25) is 9.59 Å². The van der Waals surface area contributed by atoms with E-state index in [1.165, 1.54) is 5.56 Å². The summed E-state index contributed by atoms with van der Waals surface area (Å²) in [7, 11) is 0. The van der Waals surface area contributed by atoms with Crippen molar-refractivity contribution in [3.05, 3.63) is 70.5 Å². The van der Waals surface area contributed by atoms with Gasteiger partial charge in [-0.05, 0) is 55.5 Å². The Morgan fingerprint density at radius 2 is 1.82 bits per heavy atom. The Bertz CT molecular complexity index is 1050. The Hall–Kier alpha value is -3.08. The number of aryl methyl sites for hydroxylation is 2. The van der Waals surface area contributed by atoms with Crippen LogP contribution in [-0.2, 0) is 17.8 Å². The molecule has 3 aromatic rings. The van der Waals surface area contributed by atoms with Crippen LogP contribution in [0, 0.1) is 13.8 Å². The molecule has 28 heavy (non-hydrogen) atoms. The maximum Gasteiger partial charge on any atom is 0.248 e. The lowest BCUT2D eigenvalue weighted by Crippen LogP contribution is -2.33. The molecule has 1 saturated carbocycles. The molecule has 0 radical (unpaired) electrons. The first kappa shape index (κ1) is 18.3. The molecule has 144 valence electrons. The zero-order chi connectivity index (χ0) is 19.8. The van der Waals surface area contributed by atoms with Crippen LogP contribution in [0.15, 0.2) is 47.1 Å². The number of hydrogen-bond donors (Lipinski definition) is 1. The topological polar surface area (TPSA) is 76.5 Å². The minimum Gasteiger partial charge on any atom is -0.464 e. The van der Waals surface area contributed by atoms with E-state index >= 15 is 0 Å². The Kier molecular flexibility index (Phi) is 4.67. The molecule has 5 nitrogen and oxygen atoms in total. The molecule has 4 rings (SSSR count). The smallest absolute Gasteiger partial charge is 0.248 e. The van der Waals surface area contributed by atoms with Crippen molar-refractivity contribution >= 4 is 22.8 Å². The van der Waals surface area contributed by atoms with Gasteiger partial charge in [-0.15, -0.1) is 0 Å². The number of furan rings is 1. The molecule has 2 amide bonds. The van der Waals surface area contributed by atoms with Gasteiger partial charge in [0.25, 0.3) is 0 Å². The Morgan fingerprint density at radius 3 is 2.46 bits per heavy atom. The number of fused-ring (bicyclic) bond motifs is 1. The Morgan fingerprint density at radius 1 is 1.11 bits per heavy atom. The van der Waals surface area contributed by atoms with Gasteiger partial charge in [0.1, 0.15) is 5.58 Å². The summed E-state index contributed by atoms with van der Waals surface area (Å²) in [6.45, 7) is 4.63. The van der Waals surface area contributed by atoms with Crippen LogP contribution < -0.4 is 5.73 Å². The molecule has 2 N–H and O–H groups in total. The van der Waals surface area contributed by atoms with Crippen molar-refractivity contribution < 1.29 is 14.0 Å². The van der Waals surface area contributed by atoms with Crippen LogP contribution in [0.1, 0.15) is 45.5 Å². The highest BCUT2D eigenvalue weighted by atomic mass is 16.3. The SMILES string of the molecule is Cc1ccc2c(CC(=O)N(Cc3ccc(C(N)=O)cc3)C3CC3)coc2c1C. The summed E-state index contributed by atoms with van der Waals surface area (Å²) in [6, 6.07) is 11.5. The van der Waals surface area contributed by atoms with E-state index in [0.29, 0.717) is 24.6 Å². The fraction of sp³-hybridized carbons (Fsp3) is 0.304. The molecule has 0 unspecified atom stereocenters. The molecule has 0 saturated heterocycles. The number of primary amides is 1. The third-order valence-corrected chi connectivity index (χ3v) is 5.58. The average molecular weight is 376 g/mol. The van der Waals surface area contributed by atoms with Crippen LogP contribution in [0.5, 0.6) is 0 Å². The lowest BCUT2D eigenvalue weighted by atomic mass is 10.0. The molecular weight excluding hydrogens is 352 g/mol. The minimum absolute atomic E-state index is 0.0994. The molecule has 2 aromatic carbocycles. The normalized spacial score (nSPS) is 13.6. The average Bonchev–Trinajstić information content (AvgIpc) is 3.44. The van der Waals surface area contributed by atoms with E-state index in [4.69, 9.17) is 10.2 Å². The van der Waals surface area contributed by atoms with Crippen LogP contribution in [0.3, 0.4) is 0 Å². The molecule has 1 aliphatic carbocycles. The summed E-state index contributed by atoms with van der Waals surface area (Å²) in [5.74, 6) is -0.346. The maximum absolute atomic E-state index is 13.1. The van der Waals surface area contributed by atoms with Gasteiger partial charge in [-0.1, -0.05) is 24.3 Å². The number of hydrogen-bond acceptors (Lipinski definition) is 3. The van der Waals surface area contributed by atoms with Gasteiger partial charge in [0.15, 0.2) is 0 Å². The first-order chi connectivity index (χ1) is 13.4. The summed E-state index contributed by atoms with van der Waals surface area (Å²) < 4.78 is 5.76. The number of carbonyl (C=O) groups is 2. The van der Waals surface area contributed by atoms with Crippen LogP contribution in [0.2, 0.25) is 0 Å². The van der Waals surface area contributed by atoms with Crippen LogP contribution in [-0.4, -0.2) is 22.8 Å². The molecular formula is C23H24N2O3. The number of nitrogens with two attached hydrogens (primary N) is 1. The van der Waals surface area contributed by atoms with Crippen LogP contribution >= 0.6 is 0 Å². The van der Waals surface area contributed by atoms with Gasteiger partial charge in [0, 0.05) is 29.1 Å². The summed E-state index contributed by atoms with van der Waals surface area (Å²) >= 11 is 0. The number of rotatable bonds is 6. The first-order valence-electron chi connectivity index (χ1n) is 9.58. The summed E-state index contributed by atoms with van der Waals surface area (Å²) in [5, 5.41) is 1.01. The van der Waals surface area contributed by atoms with Gasteiger partial charge >= 0.3 is 0 Å². The highest BCUT2D eigenvalue weighted by molar-refractivity contribution is 5.92. The van der Waals surface area contributed by atoms with Crippen molar-refractivity contribution in [2.45, 2.75) is 45.7 Å². The fourth-order valence-corrected chi connectivity index (χ4v) is 3.57.